The molecule has 0 N–H and O–H groups in total. The maximum absolute atomic E-state index is 9.38. The molecule has 9 rings (SSSR count). The van der Waals surface area contributed by atoms with Gasteiger partial charge >= 0.3 is 0 Å². The summed E-state index contributed by atoms with van der Waals surface area (Å²) in [5.41, 5.74) is 1.95. The van der Waals surface area contributed by atoms with E-state index in [4.69, 9.17) is 29.5 Å². The van der Waals surface area contributed by atoms with Gasteiger partial charge in [-0.05, 0) is 42.4 Å². The molecule has 0 bridgehead atoms. The molecule has 0 unspecified atom stereocenters. The normalized spacial score (nSPS) is 15.5. The van der Waals surface area contributed by atoms with Gasteiger partial charge in [0.1, 0.15) is 11.2 Å². The lowest BCUT2D eigenvalue weighted by Crippen LogP contribution is -1.99. The second-order valence-electron chi connectivity index (χ2n) is 10.1. The molecule has 6 aromatic carbocycles. The van der Waals surface area contributed by atoms with Crippen LogP contribution in [0.2, 0.25) is 0 Å². The Hall–Kier alpha value is -6.00. The lowest BCUT2D eigenvalue weighted by molar-refractivity contribution is 0.670. The number of aromatic nitrogens is 3. The molecule has 0 saturated carbocycles. The molecule has 0 aliphatic carbocycles. The average molecular weight is 576 g/mol. The molecule has 0 fully saturated rings. The van der Waals surface area contributed by atoms with Crippen molar-refractivity contribution in [2.75, 3.05) is 0 Å². The first-order valence-corrected chi connectivity index (χ1v) is 13.8. The summed E-state index contributed by atoms with van der Waals surface area (Å²) in [6.07, 6.45) is 0. The van der Waals surface area contributed by atoms with Gasteiger partial charge in [0, 0.05) is 43.9 Å². The monoisotopic (exact) mass is 575 g/mol. The molecule has 3 aromatic heterocycles. The van der Waals surface area contributed by atoms with Crippen LogP contribution in [-0.4, -0.2) is 14.5 Å². The highest BCUT2D eigenvalue weighted by molar-refractivity contribution is 6.13. The molecule has 0 amide bonds. The summed E-state index contributed by atoms with van der Waals surface area (Å²) >= 11 is 0. The van der Waals surface area contributed by atoms with Gasteiger partial charge in [0.05, 0.1) is 38.9 Å². The molecule has 0 atom stereocenters. The first-order chi connectivity index (χ1) is 26.8. The Balaban J connectivity index is 1.51. The van der Waals surface area contributed by atoms with Crippen LogP contribution < -0.4 is 0 Å². The molecule has 0 aliphatic rings. The van der Waals surface area contributed by atoms with E-state index < -0.39 is 78.2 Å². The predicted octanol–water partition coefficient (Wildman–Crippen LogP) is 10.5. The van der Waals surface area contributed by atoms with Crippen LogP contribution in [0.5, 0.6) is 0 Å². The van der Waals surface area contributed by atoms with Crippen LogP contribution in [0.15, 0.2) is 156 Å². The summed E-state index contributed by atoms with van der Waals surface area (Å²) in [5, 5.41) is 1.26. The van der Waals surface area contributed by atoms with Gasteiger partial charge in [-0.3, -0.25) is 0 Å². The largest absolute Gasteiger partial charge is 0.455 e. The van der Waals surface area contributed by atoms with Crippen molar-refractivity contribution in [3.8, 4) is 39.6 Å². The smallest absolute Gasteiger partial charge is 0.162 e. The number of furan rings is 1. The minimum atomic E-state index is -0.712. The maximum Gasteiger partial charge on any atom is 0.162 e. The summed E-state index contributed by atoms with van der Waals surface area (Å²) in [6.45, 7) is 0. The second kappa shape index (κ2) is 9.79. The van der Waals surface area contributed by atoms with Crippen LogP contribution in [-0.2, 0) is 0 Å². The topological polar surface area (TPSA) is 43.9 Å². The van der Waals surface area contributed by atoms with Crippen LogP contribution in [0, 0.1) is 0 Å². The lowest BCUT2D eigenvalue weighted by Gasteiger charge is -2.13. The van der Waals surface area contributed by atoms with E-state index in [-0.39, 0.29) is 33.2 Å². The number of nitrogens with zero attached hydrogens (tertiary/aromatic N) is 3. The van der Waals surface area contributed by atoms with Crippen LogP contribution in [0.1, 0.15) is 16.4 Å². The maximum atomic E-state index is 9.38. The van der Waals surface area contributed by atoms with Crippen molar-refractivity contribution in [2.24, 2.45) is 0 Å². The zero-order valence-electron chi connectivity index (χ0n) is 34.8. The van der Waals surface area contributed by atoms with Crippen molar-refractivity contribution in [3.63, 3.8) is 0 Å². The standard InChI is InChI=1S/C40H25N3O/c1-3-13-26(14-4-1)34-25-35(32-21-12-20-31-29-18-8-10-24-37(29)44-39(31)32)42-40(41-34)33-22-11-19-30-28-17-7-9-23-36(28)43(38(30)33)27-15-5-2-6-16-27/h1-25H/i2D,5D,6D,7D,9D,11D,15D,16D,17D,19D,22D,23D. The number of rotatable bonds is 4. The van der Waals surface area contributed by atoms with Gasteiger partial charge < -0.3 is 8.98 Å². The Bertz CT molecular complexity index is 3150. The number of hydrogen-bond acceptors (Lipinski definition) is 3. The van der Waals surface area contributed by atoms with Gasteiger partial charge in [-0.15, -0.1) is 0 Å². The molecular formula is C40H25N3O. The number of benzene rings is 6. The van der Waals surface area contributed by atoms with Crippen molar-refractivity contribution in [2.45, 2.75) is 0 Å². The second-order valence-corrected chi connectivity index (χ2v) is 10.1. The SMILES string of the molecule is [2H]c1c([2H])c([2H])c(-n2c3c([2H])c([2H])c([2H])c([2H])c3c3c([2H])c([2H])c([2H])c(-c4nc(-c5ccccc5)cc(-c5cccc6c5oc5ccccc56)n4)c32)c([2H])c1[2H]. The fraction of sp³-hybridized carbons (Fsp3) is 0. The molecule has 0 aliphatic heterocycles. The third-order valence-corrected chi connectivity index (χ3v) is 7.62. The molecular weight excluding hydrogens is 538 g/mol. The summed E-state index contributed by atoms with van der Waals surface area (Å²) in [6, 6.07) is 16.3. The van der Waals surface area contributed by atoms with E-state index in [1.54, 1.807) is 6.07 Å². The van der Waals surface area contributed by atoms with E-state index in [9.17, 15) is 1.37 Å². The predicted molar refractivity (Wildman–Crippen MR) is 180 cm³/mol. The van der Waals surface area contributed by atoms with Crippen LogP contribution in [0.25, 0.3) is 83.3 Å². The number of para-hydroxylation sites is 5. The summed E-state index contributed by atoms with van der Waals surface area (Å²) in [5.74, 6) is -0.148. The fourth-order valence-corrected chi connectivity index (χ4v) is 5.71. The molecule has 0 saturated heterocycles. The third-order valence-electron chi connectivity index (χ3n) is 7.62. The summed E-state index contributed by atoms with van der Waals surface area (Å²) < 4.78 is 113. The summed E-state index contributed by atoms with van der Waals surface area (Å²) in [7, 11) is 0. The highest BCUT2D eigenvalue weighted by Crippen LogP contribution is 2.40. The van der Waals surface area contributed by atoms with E-state index in [0.717, 1.165) is 15.3 Å². The van der Waals surface area contributed by atoms with E-state index in [2.05, 4.69) is 0 Å². The Morgan fingerprint density at radius 3 is 2.23 bits per heavy atom. The van der Waals surface area contributed by atoms with E-state index >= 15 is 0 Å². The van der Waals surface area contributed by atoms with Crippen LogP contribution in [0.4, 0.5) is 0 Å². The third kappa shape index (κ3) is 3.78. The Kier molecular flexibility index (Phi) is 3.44. The summed E-state index contributed by atoms with van der Waals surface area (Å²) in [4.78, 5) is 9.86. The van der Waals surface area contributed by atoms with Gasteiger partial charge in [-0.1, -0.05) is 109 Å². The number of fused-ring (bicyclic) bond motifs is 6. The Morgan fingerprint density at radius 1 is 0.568 bits per heavy atom. The van der Waals surface area contributed by atoms with Crippen molar-refractivity contribution >= 4 is 43.7 Å². The molecule has 9 aromatic rings. The van der Waals surface area contributed by atoms with Crippen molar-refractivity contribution in [3.05, 3.63) is 151 Å². The zero-order chi connectivity index (χ0) is 39.5. The first-order valence-electron chi connectivity index (χ1n) is 19.8. The van der Waals surface area contributed by atoms with E-state index in [0.29, 0.717) is 33.7 Å². The van der Waals surface area contributed by atoms with Gasteiger partial charge in [-0.2, -0.15) is 0 Å². The molecule has 44 heavy (non-hydrogen) atoms. The van der Waals surface area contributed by atoms with E-state index in [1.165, 1.54) is 0 Å². The zero-order valence-corrected chi connectivity index (χ0v) is 22.8. The highest BCUT2D eigenvalue weighted by Gasteiger charge is 2.20. The molecule has 206 valence electrons. The molecule has 4 nitrogen and oxygen atoms in total. The number of hydrogen-bond donors (Lipinski definition) is 0. The first kappa shape index (κ1) is 15.5. The molecule has 0 radical (unpaired) electrons. The van der Waals surface area contributed by atoms with Gasteiger partial charge in [0.25, 0.3) is 0 Å². The highest BCUT2D eigenvalue weighted by atomic mass is 16.3. The Morgan fingerprint density at radius 2 is 1.32 bits per heavy atom. The minimum absolute atomic E-state index is 0.148. The van der Waals surface area contributed by atoms with Crippen molar-refractivity contribution < 1.29 is 20.9 Å². The molecule has 4 heteroatoms. The van der Waals surface area contributed by atoms with E-state index in [1.807, 2.05) is 72.8 Å². The Labute approximate surface area is 270 Å². The lowest BCUT2D eigenvalue weighted by atomic mass is 10.0. The van der Waals surface area contributed by atoms with Gasteiger partial charge in [-0.25, -0.2) is 9.97 Å². The van der Waals surface area contributed by atoms with Crippen LogP contribution >= 0.6 is 0 Å². The van der Waals surface area contributed by atoms with Gasteiger partial charge in [0.15, 0.2) is 5.82 Å². The molecule has 0 spiro atoms. The molecule has 3 heterocycles. The fourth-order valence-electron chi connectivity index (χ4n) is 5.71. The van der Waals surface area contributed by atoms with Gasteiger partial charge in [0.2, 0.25) is 0 Å². The van der Waals surface area contributed by atoms with Crippen molar-refractivity contribution in [1.82, 2.24) is 14.5 Å². The average Bonchev–Trinajstić information content (AvgIpc) is 3.77. The quantitative estimate of drug-likeness (QED) is 0.210. The van der Waals surface area contributed by atoms with Crippen LogP contribution in [0.3, 0.4) is 0 Å². The van der Waals surface area contributed by atoms with Crippen molar-refractivity contribution in [1.29, 1.82) is 0 Å². The minimum Gasteiger partial charge on any atom is -0.455 e.